The average Bonchev–Trinajstić information content (AvgIpc) is 2.48. The van der Waals surface area contributed by atoms with Crippen LogP contribution < -0.4 is 0 Å². The molecule has 1 fully saturated rings. The van der Waals surface area contributed by atoms with Crippen molar-refractivity contribution in [2.45, 2.75) is 25.2 Å². The predicted octanol–water partition coefficient (Wildman–Crippen LogP) is -0.0217. The highest BCUT2D eigenvalue weighted by atomic mass is 16.6. The van der Waals surface area contributed by atoms with Crippen molar-refractivity contribution >= 4 is 5.97 Å². The maximum Gasteiger partial charge on any atom is 0.303 e. The molecule has 14 heavy (non-hydrogen) atoms. The fourth-order valence-corrected chi connectivity index (χ4v) is 1.50. The second-order valence-electron chi connectivity index (χ2n) is 3.18. The fourth-order valence-electron chi connectivity index (χ4n) is 1.50. The maximum absolute atomic E-state index is 10.8. The van der Waals surface area contributed by atoms with Crippen LogP contribution >= 0.6 is 0 Å². The van der Waals surface area contributed by atoms with E-state index in [0.717, 1.165) is 0 Å². The molecule has 3 atom stereocenters. The number of hydrogen-bond donors (Lipinski definition) is 0. The monoisotopic (exact) mass is 204 g/mol. The lowest BCUT2D eigenvalue weighted by molar-refractivity contribution is -0.155. The maximum atomic E-state index is 10.8. The molecule has 0 saturated carbocycles. The summed E-state index contributed by atoms with van der Waals surface area (Å²) >= 11 is 0. The quantitative estimate of drug-likeness (QED) is 0.602. The normalized spacial score (nSPS) is 31.8. The van der Waals surface area contributed by atoms with Gasteiger partial charge in [-0.25, -0.2) is 0 Å². The molecule has 0 aromatic rings. The van der Waals surface area contributed by atoms with Gasteiger partial charge < -0.3 is 18.9 Å². The third-order valence-corrected chi connectivity index (χ3v) is 2.14. The Morgan fingerprint density at radius 1 is 1.50 bits per heavy atom. The first-order chi connectivity index (χ1) is 6.69. The van der Waals surface area contributed by atoms with E-state index in [4.69, 9.17) is 18.9 Å². The van der Waals surface area contributed by atoms with Crippen LogP contribution in [-0.2, 0) is 23.7 Å². The van der Waals surface area contributed by atoms with Crippen molar-refractivity contribution in [2.75, 3.05) is 27.4 Å². The summed E-state index contributed by atoms with van der Waals surface area (Å²) < 4.78 is 20.6. The summed E-state index contributed by atoms with van der Waals surface area (Å²) in [5.74, 6) is -0.330. The number of carbonyl (C=O) groups excluding carboxylic acids is 1. The summed E-state index contributed by atoms with van der Waals surface area (Å²) in [5, 5.41) is 0. The van der Waals surface area contributed by atoms with E-state index in [1.165, 1.54) is 6.92 Å². The lowest BCUT2D eigenvalue weighted by atomic mass is 10.1. The molecule has 82 valence electrons. The van der Waals surface area contributed by atoms with Gasteiger partial charge >= 0.3 is 5.97 Å². The van der Waals surface area contributed by atoms with Gasteiger partial charge in [-0.05, 0) is 0 Å². The van der Waals surface area contributed by atoms with Crippen LogP contribution in [0.15, 0.2) is 0 Å². The highest BCUT2D eigenvalue weighted by Gasteiger charge is 2.39. The molecule has 0 spiro atoms. The Balaban J connectivity index is 2.55. The van der Waals surface area contributed by atoms with E-state index < -0.39 is 0 Å². The summed E-state index contributed by atoms with van der Waals surface area (Å²) in [6.07, 6.45) is -0.787. The standard InChI is InChI=1S/C9H16O5/c1-6(10)14-9-7(12-3)5-13-8(9)4-11-2/h7-9H,4-5H2,1-3H3/t7-,8+,9-/m0/s1. The Labute approximate surface area is 83.3 Å². The van der Waals surface area contributed by atoms with Gasteiger partial charge in [-0.15, -0.1) is 0 Å². The minimum absolute atomic E-state index is 0.195. The van der Waals surface area contributed by atoms with Crippen molar-refractivity contribution in [3.8, 4) is 0 Å². The van der Waals surface area contributed by atoms with Gasteiger partial charge in [0.15, 0.2) is 6.10 Å². The molecule has 0 aromatic heterocycles. The van der Waals surface area contributed by atoms with E-state index in [1.54, 1.807) is 14.2 Å². The first kappa shape index (κ1) is 11.4. The number of ether oxygens (including phenoxy) is 4. The lowest BCUT2D eigenvalue weighted by Gasteiger charge is -2.20. The summed E-state index contributed by atoms with van der Waals surface area (Å²) in [6.45, 7) is 2.20. The van der Waals surface area contributed by atoms with E-state index in [0.29, 0.717) is 13.2 Å². The smallest absolute Gasteiger partial charge is 0.303 e. The van der Waals surface area contributed by atoms with Gasteiger partial charge in [-0.1, -0.05) is 0 Å². The fraction of sp³-hybridized carbons (Fsp3) is 0.889. The zero-order valence-electron chi connectivity index (χ0n) is 8.69. The van der Waals surface area contributed by atoms with Crippen LogP contribution in [0.1, 0.15) is 6.92 Å². The number of methoxy groups -OCH3 is 2. The molecule has 5 heteroatoms. The number of rotatable bonds is 4. The zero-order valence-corrected chi connectivity index (χ0v) is 8.69. The topological polar surface area (TPSA) is 54.0 Å². The Hall–Kier alpha value is -0.650. The molecule has 1 heterocycles. The van der Waals surface area contributed by atoms with Gasteiger partial charge in [0, 0.05) is 21.1 Å². The van der Waals surface area contributed by atoms with Gasteiger partial charge in [0.05, 0.1) is 13.2 Å². The first-order valence-corrected chi connectivity index (χ1v) is 4.49. The van der Waals surface area contributed by atoms with E-state index in [9.17, 15) is 4.79 Å². The summed E-state index contributed by atoms with van der Waals surface area (Å²) in [7, 11) is 3.15. The summed E-state index contributed by atoms with van der Waals surface area (Å²) in [6, 6.07) is 0. The molecular formula is C9H16O5. The molecule has 1 saturated heterocycles. The minimum atomic E-state index is -0.363. The predicted molar refractivity (Wildman–Crippen MR) is 48.0 cm³/mol. The van der Waals surface area contributed by atoms with Gasteiger partial charge in [0.2, 0.25) is 0 Å². The molecular weight excluding hydrogens is 188 g/mol. The van der Waals surface area contributed by atoms with Crippen molar-refractivity contribution in [1.82, 2.24) is 0 Å². The number of hydrogen-bond acceptors (Lipinski definition) is 5. The molecule has 0 unspecified atom stereocenters. The van der Waals surface area contributed by atoms with Crippen LogP contribution in [0.3, 0.4) is 0 Å². The highest BCUT2D eigenvalue weighted by Crippen LogP contribution is 2.20. The molecule has 0 amide bonds. The van der Waals surface area contributed by atoms with E-state index >= 15 is 0 Å². The molecule has 5 nitrogen and oxygen atoms in total. The summed E-state index contributed by atoms with van der Waals surface area (Å²) in [4.78, 5) is 10.8. The molecule has 1 aliphatic rings. The number of esters is 1. The third-order valence-electron chi connectivity index (χ3n) is 2.14. The van der Waals surface area contributed by atoms with Crippen molar-refractivity contribution in [1.29, 1.82) is 0 Å². The van der Waals surface area contributed by atoms with Gasteiger partial charge in [-0.3, -0.25) is 4.79 Å². The van der Waals surface area contributed by atoms with Crippen molar-refractivity contribution < 1.29 is 23.7 Å². The third kappa shape index (κ3) is 2.67. The SMILES string of the molecule is COC[C@H]1OC[C@H](OC)[C@@H]1OC(C)=O. The molecule has 0 radical (unpaired) electrons. The zero-order chi connectivity index (χ0) is 10.6. The molecule has 1 aliphatic heterocycles. The van der Waals surface area contributed by atoms with Gasteiger partial charge in [0.25, 0.3) is 0 Å². The molecule has 0 N–H and O–H groups in total. The van der Waals surface area contributed by atoms with Crippen molar-refractivity contribution in [2.24, 2.45) is 0 Å². The summed E-state index contributed by atoms with van der Waals surface area (Å²) in [5.41, 5.74) is 0. The molecule has 1 rings (SSSR count). The Morgan fingerprint density at radius 2 is 2.21 bits per heavy atom. The highest BCUT2D eigenvalue weighted by molar-refractivity contribution is 5.66. The molecule has 0 aliphatic carbocycles. The Kier molecular flexibility index (Phi) is 4.31. The van der Waals surface area contributed by atoms with Crippen LogP contribution in [0.2, 0.25) is 0 Å². The van der Waals surface area contributed by atoms with Crippen LogP contribution in [0, 0.1) is 0 Å². The largest absolute Gasteiger partial charge is 0.457 e. The van der Waals surface area contributed by atoms with Crippen molar-refractivity contribution in [3.63, 3.8) is 0 Å². The second kappa shape index (κ2) is 5.29. The number of carbonyl (C=O) groups is 1. The van der Waals surface area contributed by atoms with Gasteiger partial charge in [0.1, 0.15) is 12.2 Å². The van der Waals surface area contributed by atoms with E-state index in [-0.39, 0.29) is 24.3 Å². The van der Waals surface area contributed by atoms with Crippen LogP contribution in [0.4, 0.5) is 0 Å². The molecule has 0 bridgehead atoms. The Morgan fingerprint density at radius 3 is 2.71 bits per heavy atom. The van der Waals surface area contributed by atoms with E-state index in [2.05, 4.69) is 0 Å². The second-order valence-corrected chi connectivity index (χ2v) is 3.18. The average molecular weight is 204 g/mol. The van der Waals surface area contributed by atoms with Crippen LogP contribution in [-0.4, -0.2) is 51.7 Å². The minimum Gasteiger partial charge on any atom is -0.457 e. The Bertz CT molecular complexity index is 194. The van der Waals surface area contributed by atoms with Crippen LogP contribution in [0.25, 0.3) is 0 Å². The lowest BCUT2D eigenvalue weighted by Crippen LogP contribution is -2.37. The molecule has 0 aromatic carbocycles. The van der Waals surface area contributed by atoms with Gasteiger partial charge in [-0.2, -0.15) is 0 Å². The van der Waals surface area contributed by atoms with Crippen molar-refractivity contribution in [3.05, 3.63) is 0 Å². The van der Waals surface area contributed by atoms with E-state index in [1.807, 2.05) is 0 Å². The first-order valence-electron chi connectivity index (χ1n) is 4.49. The van der Waals surface area contributed by atoms with Crippen LogP contribution in [0.5, 0.6) is 0 Å².